The lowest BCUT2D eigenvalue weighted by atomic mass is 10.0. The molecule has 1 aromatic heterocycles. The number of carbonyl (C=O) groups excluding carboxylic acids is 1. The van der Waals surface area contributed by atoms with Crippen molar-refractivity contribution in [2.75, 3.05) is 13.1 Å². The van der Waals surface area contributed by atoms with Gasteiger partial charge in [0.05, 0.1) is 12.6 Å². The molecule has 2 heterocycles. The van der Waals surface area contributed by atoms with Gasteiger partial charge in [-0.1, -0.05) is 54.0 Å². The lowest BCUT2D eigenvalue weighted by molar-refractivity contribution is -0.123. The molecule has 3 aromatic rings. The van der Waals surface area contributed by atoms with E-state index in [4.69, 9.17) is 4.52 Å². The van der Waals surface area contributed by atoms with Crippen LogP contribution in [0.3, 0.4) is 0 Å². The second-order valence-electron chi connectivity index (χ2n) is 7.21. The van der Waals surface area contributed by atoms with Gasteiger partial charge in [0.2, 0.25) is 17.6 Å². The number of aromatic nitrogens is 2. The fourth-order valence-corrected chi connectivity index (χ4v) is 3.61. The van der Waals surface area contributed by atoms with Gasteiger partial charge >= 0.3 is 0 Å². The van der Waals surface area contributed by atoms with Crippen LogP contribution in [-0.2, 0) is 11.3 Å². The van der Waals surface area contributed by atoms with E-state index in [2.05, 4.69) is 20.4 Å². The SMILES string of the molecule is O=C(CN1CCCC[C@H]1c1nc(-c2cccc(F)c2)no1)NCc1ccccc1. The van der Waals surface area contributed by atoms with Crippen LogP contribution >= 0.6 is 0 Å². The number of piperidine rings is 1. The lowest BCUT2D eigenvalue weighted by Crippen LogP contribution is -2.41. The molecule has 150 valence electrons. The Kier molecular flexibility index (Phi) is 5.95. The number of likely N-dealkylation sites (tertiary alicyclic amines) is 1. The van der Waals surface area contributed by atoms with Gasteiger partial charge in [-0.25, -0.2) is 4.39 Å². The average Bonchev–Trinajstić information content (AvgIpc) is 3.24. The standard InChI is InChI=1S/C22H23FN4O2/c23-18-10-6-9-17(13-18)21-25-22(29-26-21)19-11-4-5-12-27(19)15-20(28)24-14-16-7-2-1-3-8-16/h1-3,6-10,13,19H,4-5,11-12,14-15H2,(H,24,28)/t19-/m0/s1. The van der Waals surface area contributed by atoms with Crippen molar-refractivity contribution in [3.05, 3.63) is 71.9 Å². The van der Waals surface area contributed by atoms with E-state index in [1.807, 2.05) is 30.3 Å². The molecule has 29 heavy (non-hydrogen) atoms. The van der Waals surface area contributed by atoms with Crippen molar-refractivity contribution >= 4 is 5.91 Å². The molecule has 4 rings (SSSR count). The Morgan fingerprint density at radius 2 is 2.03 bits per heavy atom. The highest BCUT2D eigenvalue weighted by Gasteiger charge is 2.30. The van der Waals surface area contributed by atoms with Crippen LogP contribution in [0.15, 0.2) is 59.1 Å². The molecule has 1 atom stereocenters. The average molecular weight is 394 g/mol. The van der Waals surface area contributed by atoms with Gasteiger partial charge < -0.3 is 9.84 Å². The maximum Gasteiger partial charge on any atom is 0.244 e. The van der Waals surface area contributed by atoms with Gasteiger partial charge in [-0.2, -0.15) is 4.98 Å². The predicted molar refractivity (Wildman–Crippen MR) is 106 cm³/mol. The highest BCUT2D eigenvalue weighted by molar-refractivity contribution is 5.78. The number of nitrogens with one attached hydrogen (secondary N) is 1. The molecule has 0 unspecified atom stereocenters. The number of hydrogen-bond donors (Lipinski definition) is 1. The van der Waals surface area contributed by atoms with E-state index in [0.29, 0.717) is 23.8 Å². The Labute approximate surface area is 168 Å². The molecule has 1 saturated heterocycles. The lowest BCUT2D eigenvalue weighted by Gasteiger charge is -2.32. The number of amides is 1. The second kappa shape index (κ2) is 8.96. The highest BCUT2D eigenvalue weighted by atomic mass is 19.1. The Hall–Kier alpha value is -3.06. The van der Waals surface area contributed by atoms with Crippen LogP contribution in [0.2, 0.25) is 0 Å². The smallest absolute Gasteiger partial charge is 0.244 e. The number of carbonyl (C=O) groups is 1. The minimum Gasteiger partial charge on any atom is -0.351 e. The summed E-state index contributed by atoms with van der Waals surface area (Å²) >= 11 is 0. The zero-order valence-electron chi connectivity index (χ0n) is 16.1. The molecule has 7 heteroatoms. The molecule has 1 aliphatic heterocycles. The minimum atomic E-state index is -0.344. The van der Waals surface area contributed by atoms with Crippen molar-refractivity contribution in [1.29, 1.82) is 0 Å². The molecule has 1 amide bonds. The maximum absolute atomic E-state index is 13.5. The molecular weight excluding hydrogens is 371 g/mol. The maximum atomic E-state index is 13.5. The van der Waals surface area contributed by atoms with Gasteiger partial charge in [-0.15, -0.1) is 0 Å². The molecule has 0 saturated carbocycles. The van der Waals surface area contributed by atoms with Gasteiger partial charge in [0.15, 0.2) is 0 Å². The first-order valence-corrected chi connectivity index (χ1v) is 9.83. The summed E-state index contributed by atoms with van der Waals surface area (Å²) < 4.78 is 19.0. The Bertz CT molecular complexity index is 960. The van der Waals surface area contributed by atoms with Crippen LogP contribution < -0.4 is 5.32 Å². The molecule has 1 fully saturated rings. The second-order valence-corrected chi connectivity index (χ2v) is 7.21. The predicted octanol–water partition coefficient (Wildman–Crippen LogP) is 3.72. The number of benzene rings is 2. The first-order chi connectivity index (χ1) is 14.2. The first kappa shape index (κ1) is 19.3. The summed E-state index contributed by atoms with van der Waals surface area (Å²) in [6, 6.07) is 15.8. The zero-order chi connectivity index (χ0) is 20.1. The first-order valence-electron chi connectivity index (χ1n) is 9.83. The van der Waals surface area contributed by atoms with E-state index < -0.39 is 0 Å². The zero-order valence-corrected chi connectivity index (χ0v) is 16.1. The monoisotopic (exact) mass is 394 g/mol. The molecule has 0 bridgehead atoms. The Morgan fingerprint density at radius 1 is 1.17 bits per heavy atom. The largest absolute Gasteiger partial charge is 0.351 e. The molecule has 6 nitrogen and oxygen atoms in total. The summed E-state index contributed by atoms with van der Waals surface area (Å²) in [5.74, 6) is 0.451. The Balaban J connectivity index is 1.42. The van der Waals surface area contributed by atoms with Crippen molar-refractivity contribution in [2.45, 2.75) is 31.8 Å². The van der Waals surface area contributed by atoms with Crippen LogP contribution in [0.4, 0.5) is 4.39 Å². The fraction of sp³-hybridized carbons (Fsp3) is 0.318. The van der Waals surface area contributed by atoms with Gasteiger partial charge in [0, 0.05) is 12.1 Å². The number of nitrogens with zero attached hydrogens (tertiary/aromatic N) is 3. The highest BCUT2D eigenvalue weighted by Crippen LogP contribution is 2.30. The van der Waals surface area contributed by atoms with Crippen LogP contribution in [0.25, 0.3) is 11.4 Å². The molecule has 0 radical (unpaired) electrons. The van der Waals surface area contributed by atoms with E-state index in [-0.39, 0.29) is 24.3 Å². The van der Waals surface area contributed by atoms with E-state index in [0.717, 1.165) is 31.4 Å². The van der Waals surface area contributed by atoms with Crippen LogP contribution in [0.5, 0.6) is 0 Å². The van der Waals surface area contributed by atoms with E-state index in [9.17, 15) is 9.18 Å². The summed E-state index contributed by atoms with van der Waals surface area (Å²) in [6.07, 6.45) is 2.90. The van der Waals surface area contributed by atoms with Crippen molar-refractivity contribution in [3.8, 4) is 11.4 Å². The summed E-state index contributed by atoms with van der Waals surface area (Å²) in [6.45, 7) is 1.57. The molecule has 0 spiro atoms. The van der Waals surface area contributed by atoms with Crippen molar-refractivity contribution in [2.24, 2.45) is 0 Å². The number of halogens is 1. The molecule has 1 N–H and O–H groups in total. The van der Waals surface area contributed by atoms with Crippen LogP contribution in [0.1, 0.15) is 36.8 Å². The van der Waals surface area contributed by atoms with E-state index >= 15 is 0 Å². The van der Waals surface area contributed by atoms with Gasteiger partial charge in [0.25, 0.3) is 0 Å². The summed E-state index contributed by atoms with van der Waals surface area (Å²) in [5, 5.41) is 6.98. The van der Waals surface area contributed by atoms with Crippen molar-refractivity contribution in [1.82, 2.24) is 20.4 Å². The third kappa shape index (κ3) is 4.86. The minimum absolute atomic E-state index is 0.0365. The third-order valence-corrected chi connectivity index (χ3v) is 5.10. The quantitative estimate of drug-likeness (QED) is 0.690. The fourth-order valence-electron chi connectivity index (χ4n) is 3.61. The normalized spacial score (nSPS) is 17.2. The van der Waals surface area contributed by atoms with Gasteiger partial charge in [-0.3, -0.25) is 9.69 Å². The van der Waals surface area contributed by atoms with Crippen molar-refractivity contribution < 1.29 is 13.7 Å². The van der Waals surface area contributed by atoms with E-state index in [1.54, 1.807) is 12.1 Å². The van der Waals surface area contributed by atoms with Crippen molar-refractivity contribution in [3.63, 3.8) is 0 Å². The summed E-state index contributed by atoms with van der Waals surface area (Å²) in [5.41, 5.74) is 1.63. The molecule has 2 aromatic carbocycles. The topological polar surface area (TPSA) is 71.3 Å². The summed E-state index contributed by atoms with van der Waals surface area (Å²) in [7, 11) is 0. The van der Waals surface area contributed by atoms with Gasteiger partial charge in [0.1, 0.15) is 5.82 Å². The number of hydrogen-bond acceptors (Lipinski definition) is 5. The molecule has 1 aliphatic rings. The summed E-state index contributed by atoms with van der Waals surface area (Å²) in [4.78, 5) is 19.0. The van der Waals surface area contributed by atoms with Gasteiger partial charge in [-0.05, 0) is 37.1 Å². The third-order valence-electron chi connectivity index (χ3n) is 5.10. The molecular formula is C22H23FN4O2. The van der Waals surface area contributed by atoms with Crippen LogP contribution in [0, 0.1) is 5.82 Å². The number of rotatable bonds is 6. The Morgan fingerprint density at radius 3 is 2.86 bits per heavy atom. The van der Waals surface area contributed by atoms with E-state index in [1.165, 1.54) is 12.1 Å². The van der Waals surface area contributed by atoms with Crippen LogP contribution in [-0.4, -0.2) is 34.0 Å². The molecule has 0 aliphatic carbocycles.